The molecule has 0 fully saturated rings. The monoisotopic (exact) mass is 238 g/mol. The second-order valence-corrected chi connectivity index (χ2v) is 4.50. The largest absolute Gasteiger partial charge is 0.0847 e. The van der Waals surface area contributed by atoms with Gasteiger partial charge in [-0.25, -0.2) is 0 Å². The summed E-state index contributed by atoms with van der Waals surface area (Å²) in [6.45, 7) is 8.41. The lowest BCUT2D eigenvalue weighted by Gasteiger charge is -1.99. The van der Waals surface area contributed by atoms with E-state index >= 15 is 0 Å². The van der Waals surface area contributed by atoms with Crippen LogP contribution >= 0.6 is 0 Å². The molecule has 0 aromatic heterocycles. The van der Waals surface area contributed by atoms with Crippen LogP contribution < -0.4 is 0 Å². The van der Waals surface area contributed by atoms with Gasteiger partial charge in [0.05, 0.1) is 0 Å². The van der Waals surface area contributed by atoms with E-state index in [0.29, 0.717) is 0 Å². The SMILES string of the molecule is CC=C(C)C=CC=CC(C)=Cc1ccccc1C. The van der Waals surface area contributed by atoms with Crippen molar-refractivity contribution in [2.45, 2.75) is 27.7 Å². The maximum atomic E-state index is 2.21. The Hall–Kier alpha value is -1.82. The van der Waals surface area contributed by atoms with Gasteiger partial charge in [0, 0.05) is 0 Å². The standard InChI is InChI=1S/C18H22/c1-5-15(2)10-6-7-11-16(3)14-18-13-9-8-12-17(18)4/h5-14H,1-4H3. The Labute approximate surface area is 111 Å². The maximum Gasteiger partial charge on any atom is -0.0225 e. The van der Waals surface area contributed by atoms with Crippen molar-refractivity contribution in [1.29, 1.82) is 0 Å². The minimum Gasteiger partial charge on any atom is -0.0847 e. The van der Waals surface area contributed by atoms with Crippen LogP contribution in [0.25, 0.3) is 6.08 Å². The van der Waals surface area contributed by atoms with Gasteiger partial charge in [-0.05, 0) is 38.8 Å². The van der Waals surface area contributed by atoms with Gasteiger partial charge in [-0.1, -0.05) is 71.9 Å². The molecule has 0 bridgehead atoms. The normalized spacial score (nSPS) is 13.8. The van der Waals surface area contributed by atoms with Crippen molar-refractivity contribution in [3.63, 3.8) is 0 Å². The molecule has 94 valence electrons. The quantitative estimate of drug-likeness (QED) is 0.609. The van der Waals surface area contributed by atoms with Crippen LogP contribution in [-0.4, -0.2) is 0 Å². The van der Waals surface area contributed by atoms with E-state index in [0.717, 1.165) is 0 Å². The van der Waals surface area contributed by atoms with Gasteiger partial charge >= 0.3 is 0 Å². The van der Waals surface area contributed by atoms with Gasteiger partial charge < -0.3 is 0 Å². The minimum absolute atomic E-state index is 1.26. The van der Waals surface area contributed by atoms with Crippen molar-refractivity contribution in [3.8, 4) is 0 Å². The van der Waals surface area contributed by atoms with Gasteiger partial charge in [-0.15, -0.1) is 0 Å². The third-order valence-electron chi connectivity index (χ3n) is 2.86. The van der Waals surface area contributed by atoms with E-state index in [1.165, 1.54) is 22.3 Å². The summed E-state index contributed by atoms with van der Waals surface area (Å²) in [7, 11) is 0. The van der Waals surface area contributed by atoms with E-state index in [4.69, 9.17) is 0 Å². The Morgan fingerprint density at radius 1 is 0.944 bits per heavy atom. The zero-order valence-corrected chi connectivity index (χ0v) is 11.8. The van der Waals surface area contributed by atoms with Gasteiger partial charge in [0.2, 0.25) is 0 Å². The van der Waals surface area contributed by atoms with Crippen molar-refractivity contribution in [3.05, 3.63) is 76.9 Å². The average Bonchev–Trinajstić information content (AvgIpc) is 2.37. The molecule has 0 atom stereocenters. The fourth-order valence-corrected chi connectivity index (χ4v) is 1.55. The Kier molecular flexibility index (Phi) is 5.93. The van der Waals surface area contributed by atoms with E-state index in [1.807, 2.05) is 6.92 Å². The lowest BCUT2D eigenvalue weighted by molar-refractivity contribution is 1.43. The van der Waals surface area contributed by atoms with Crippen molar-refractivity contribution in [2.24, 2.45) is 0 Å². The van der Waals surface area contributed by atoms with Gasteiger partial charge in [-0.3, -0.25) is 0 Å². The molecule has 0 aliphatic carbocycles. The Bertz CT molecular complexity index is 497. The second-order valence-electron chi connectivity index (χ2n) is 4.50. The Morgan fingerprint density at radius 3 is 2.17 bits per heavy atom. The first-order valence-electron chi connectivity index (χ1n) is 6.35. The lowest BCUT2D eigenvalue weighted by Crippen LogP contribution is -1.79. The van der Waals surface area contributed by atoms with Gasteiger partial charge in [0.1, 0.15) is 0 Å². The first-order chi connectivity index (χ1) is 8.63. The average molecular weight is 238 g/mol. The third kappa shape index (κ3) is 5.01. The first-order valence-corrected chi connectivity index (χ1v) is 6.35. The molecule has 0 N–H and O–H groups in total. The fourth-order valence-electron chi connectivity index (χ4n) is 1.55. The molecule has 0 unspecified atom stereocenters. The topological polar surface area (TPSA) is 0 Å². The molecule has 0 saturated heterocycles. The molecule has 0 aliphatic heterocycles. The Morgan fingerprint density at radius 2 is 1.56 bits per heavy atom. The van der Waals surface area contributed by atoms with E-state index in [9.17, 15) is 0 Å². The molecular weight excluding hydrogens is 216 g/mol. The fraction of sp³-hybridized carbons (Fsp3) is 0.222. The number of hydrogen-bond acceptors (Lipinski definition) is 0. The third-order valence-corrected chi connectivity index (χ3v) is 2.86. The summed E-state index contributed by atoms with van der Waals surface area (Å²) in [5.41, 5.74) is 5.13. The molecule has 0 heterocycles. The van der Waals surface area contributed by atoms with E-state index < -0.39 is 0 Å². The molecule has 0 heteroatoms. The number of hydrogen-bond donors (Lipinski definition) is 0. The summed E-state index contributed by atoms with van der Waals surface area (Å²) >= 11 is 0. The molecule has 1 aromatic rings. The summed E-state index contributed by atoms with van der Waals surface area (Å²) in [6.07, 6.45) is 12.7. The molecule has 1 aromatic carbocycles. The molecule has 0 saturated carbocycles. The van der Waals surface area contributed by atoms with Crippen LogP contribution in [0.1, 0.15) is 31.9 Å². The van der Waals surface area contributed by atoms with Gasteiger partial charge in [-0.2, -0.15) is 0 Å². The van der Waals surface area contributed by atoms with Gasteiger partial charge in [0.15, 0.2) is 0 Å². The molecular formula is C18H22. The zero-order valence-electron chi connectivity index (χ0n) is 11.8. The summed E-state index contributed by atoms with van der Waals surface area (Å²) in [6, 6.07) is 8.43. The maximum absolute atomic E-state index is 2.21. The molecule has 0 aliphatic rings. The summed E-state index contributed by atoms with van der Waals surface area (Å²) in [4.78, 5) is 0. The van der Waals surface area contributed by atoms with E-state index in [1.54, 1.807) is 0 Å². The summed E-state index contributed by atoms with van der Waals surface area (Å²) in [5, 5.41) is 0. The molecule has 0 spiro atoms. The lowest BCUT2D eigenvalue weighted by atomic mass is 10.1. The zero-order chi connectivity index (χ0) is 13.4. The van der Waals surface area contributed by atoms with Crippen molar-refractivity contribution < 1.29 is 0 Å². The van der Waals surface area contributed by atoms with E-state index in [-0.39, 0.29) is 0 Å². The highest BCUT2D eigenvalue weighted by Gasteiger charge is 1.91. The van der Waals surface area contributed by atoms with Crippen LogP contribution in [-0.2, 0) is 0 Å². The van der Waals surface area contributed by atoms with Crippen LogP contribution in [0.2, 0.25) is 0 Å². The van der Waals surface area contributed by atoms with Crippen LogP contribution in [0.5, 0.6) is 0 Å². The van der Waals surface area contributed by atoms with Gasteiger partial charge in [0.25, 0.3) is 0 Å². The highest BCUT2D eigenvalue weighted by atomic mass is 14.0. The molecule has 0 nitrogen and oxygen atoms in total. The number of allylic oxidation sites excluding steroid dienone is 7. The molecule has 0 radical (unpaired) electrons. The minimum atomic E-state index is 1.26. The second kappa shape index (κ2) is 7.50. The van der Waals surface area contributed by atoms with Crippen LogP contribution in [0.4, 0.5) is 0 Å². The molecule has 18 heavy (non-hydrogen) atoms. The predicted octanol–water partition coefficient (Wildman–Crippen LogP) is 5.48. The van der Waals surface area contributed by atoms with Crippen molar-refractivity contribution >= 4 is 6.08 Å². The van der Waals surface area contributed by atoms with Crippen LogP contribution in [0.15, 0.2) is 65.8 Å². The van der Waals surface area contributed by atoms with Crippen molar-refractivity contribution in [2.75, 3.05) is 0 Å². The number of aryl methyl sites for hydroxylation is 1. The molecule has 1 rings (SSSR count). The summed E-state index contributed by atoms with van der Waals surface area (Å²) in [5.74, 6) is 0. The van der Waals surface area contributed by atoms with Crippen molar-refractivity contribution in [1.82, 2.24) is 0 Å². The first kappa shape index (κ1) is 14.2. The van der Waals surface area contributed by atoms with Crippen LogP contribution in [0.3, 0.4) is 0 Å². The highest BCUT2D eigenvalue weighted by Crippen LogP contribution is 2.12. The van der Waals surface area contributed by atoms with E-state index in [2.05, 4.69) is 81.5 Å². The van der Waals surface area contributed by atoms with Crippen LogP contribution in [0, 0.1) is 6.92 Å². The highest BCUT2D eigenvalue weighted by molar-refractivity contribution is 5.58. The number of rotatable bonds is 4. The smallest absolute Gasteiger partial charge is 0.0225 e. The Balaban J connectivity index is 2.71. The number of benzene rings is 1. The predicted molar refractivity (Wildman–Crippen MR) is 82.5 cm³/mol. The molecule has 0 amide bonds. The summed E-state index contributed by atoms with van der Waals surface area (Å²) < 4.78 is 0.